The normalized spacial score (nSPS) is 17.7. The van der Waals surface area contributed by atoms with Crippen LogP contribution in [-0.2, 0) is 27.2 Å². The predicted octanol–water partition coefficient (Wildman–Crippen LogP) is 2.11. The van der Waals surface area contributed by atoms with Crippen molar-refractivity contribution in [2.24, 2.45) is 5.92 Å². The Balaban J connectivity index is 2.23. The van der Waals surface area contributed by atoms with Gasteiger partial charge in [-0.25, -0.2) is 4.79 Å². The van der Waals surface area contributed by atoms with Gasteiger partial charge in [0.05, 0.1) is 6.54 Å². The third-order valence-electron chi connectivity index (χ3n) is 4.44. The Labute approximate surface area is 167 Å². The first-order valence-electron chi connectivity index (χ1n) is 9.70. The first-order chi connectivity index (χ1) is 13.1. The van der Waals surface area contributed by atoms with E-state index < -0.39 is 31.6 Å². The summed E-state index contributed by atoms with van der Waals surface area (Å²) in [7, 11) is -0.485. The van der Waals surface area contributed by atoms with Crippen LogP contribution < -0.4 is 5.32 Å². The molecule has 1 heterocycles. The van der Waals surface area contributed by atoms with Gasteiger partial charge in [0.25, 0.3) is 0 Å². The molecule has 0 saturated carbocycles. The number of nitrogens with one attached hydrogen (secondary N) is 1. The molecule has 1 aromatic rings. The molecule has 2 rings (SSSR count). The van der Waals surface area contributed by atoms with E-state index in [2.05, 4.69) is 5.32 Å². The van der Waals surface area contributed by atoms with Gasteiger partial charge in [-0.2, -0.15) is 0 Å². The molecular formula is C20H31BN2O5. The summed E-state index contributed by atoms with van der Waals surface area (Å²) in [4.78, 5) is 27.3. The average molecular weight is 390 g/mol. The lowest BCUT2D eigenvalue weighted by molar-refractivity contribution is -0.130. The van der Waals surface area contributed by atoms with Gasteiger partial charge in [0.1, 0.15) is 17.9 Å². The third-order valence-corrected chi connectivity index (χ3v) is 4.44. The Kier molecular flexibility index (Phi) is 7.49. The van der Waals surface area contributed by atoms with Gasteiger partial charge in [-0.1, -0.05) is 38.1 Å². The summed E-state index contributed by atoms with van der Waals surface area (Å²) in [6.45, 7) is 9.70. The largest absolute Gasteiger partial charge is 0.444 e. The minimum Gasteiger partial charge on any atom is -0.444 e. The van der Waals surface area contributed by atoms with E-state index in [-0.39, 0.29) is 11.8 Å². The number of nitrogens with zero attached hydrogens (tertiary/aromatic N) is 1. The molecule has 2 amide bonds. The van der Waals surface area contributed by atoms with Crippen LogP contribution in [0.3, 0.4) is 0 Å². The lowest BCUT2D eigenvalue weighted by atomic mass is 9.93. The number of amides is 2. The Hall–Kier alpha value is -2.06. The zero-order valence-corrected chi connectivity index (χ0v) is 17.4. The van der Waals surface area contributed by atoms with E-state index in [0.717, 1.165) is 11.1 Å². The molecule has 0 radical (unpaired) electrons. The SMILES string of the molecule is CC(C)C[C@H](NC(=O)C1Cc2ccccc2CN1C(=O)OC(C)(C)C)OBO. The van der Waals surface area contributed by atoms with Gasteiger partial charge < -0.3 is 19.7 Å². The highest BCUT2D eigenvalue weighted by molar-refractivity contribution is 6.15. The second kappa shape index (κ2) is 9.43. The Morgan fingerprint density at radius 2 is 1.93 bits per heavy atom. The maximum Gasteiger partial charge on any atom is 0.436 e. The zero-order valence-electron chi connectivity index (χ0n) is 17.4. The van der Waals surface area contributed by atoms with Crippen LogP contribution in [0, 0.1) is 5.92 Å². The zero-order chi connectivity index (χ0) is 20.9. The topological polar surface area (TPSA) is 88.1 Å². The Bertz CT molecular complexity index is 689. The molecule has 154 valence electrons. The summed E-state index contributed by atoms with van der Waals surface area (Å²) in [6, 6.07) is 7.06. The van der Waals surface area contributed by atoms with Crippen molar-refractivity contribution in [3.8, 4) is 0 Å². The number of rotatable bonds is 6. The Morgan fingerprint density at radius 1 is 1.29 bits per heavy atom. The number of hydrogen-bond donors (Lipinski definition) is 2. The first kappa shape index (κ1) is 22.2. The molecule has 0 aliphatic carbocycles. The van der Waals surface area contributed by atoms with Crippen molar-refractivity contribution < 1.29 is 24.0 Å². The van der Waals surface area contributed by atoms with Crippen molar-refractivity contribution in [2.45, 2.75) is 71.9 Å². The third kappa shape index (κ3) is 6.24. The van der Waals surface area contributed by atoms with Gasteiger partial charge in [-0.15, -0.1) is 0 Å². The minimum absolute atomic E-state index is 0.269. The molecule has 0 fully saturated rings. The fourth-order valence-electron chi connectivity index (χ4n) is 3.21. The fraction of sp³-hybridized carbons (Fsp3) is 0.600. The number of ether oxygens (including phenoxy) is 1. The standard InChI is InChI=1S/C20H31BN2O5/c1-13(2)10-17(28-21-26)22-18(24)16-11-14-8-6-7-9-15(14)12-23(16)19(25)27-20(3,4)5/h6-9,13,16-17,21,26H,10-12H2,1-5H3,(H,22,24)/t16?,17-/m1/s1. The maximum absolute atomic E-state index is 13.0. The molecule has 8 heteroatoms. The van der Waals surface area contributed by atoms with E-state index in [4.69, 9.17) is 14.4 Å². The Morgan fingerprint density at radius 3 is 2.50 bits per heavy atom. The van der Waals surface area contributed by atoms with Gasteiger partial charge in [0, 0.05) is 6.42 Å². The lowest BCUT2D eigenvalue weighted by Gasteiger charge is -2.37. The number of fused-ring (bicyclic) bond motifs is 1. The quantitative estimate of drug-likeness (QED) is 0.574. The van der Waals surface area contributed by atoms with Gasteiger partial charge in [0.2, 0.25) is 5.91 Å². The highest BCUT2D eigenvalue weighted by atomic mass is 16.6. The van der Waals surface area contributed by atoms with Crippen LogP contribution in [0.5, 0.6) is 0 Å². The van der Waals surface area contributed by atoms with Crippen LogP contribution in [0.4, 0.5) is 4.79 Å². The monoisotopic (exact) mass is 390 g/mol. The molecule has 1 aromatic carbocycles. The van der Waals surface area contributed by atoms with Crippen molar-refractivity contribution in [1.82, 2.24) is 10.2 Å². The number of benzene rings is 1. The predicted molar refractivity (Wildman–Crippen MR) is 108 cm³/mol. The molecule has 1 aliphatic heterocycles. The van der Waals surface area contributed by atoms with Crippen molar-refractivity contribution in [1.29, 1.82) is 0 Å². The van der Waals surface area contributed by atoms with Crippen LogP contribution >= 0.6 is 0 Å². The molecule has 7 nitrogen and oxygen atoms in total. The summed E-state index contributed by atoms with van der Waals surface area (Å²) in [5, 5.41) is 11.9. The van der Waals surface area contributed by atoms with Crippen molar-refractivity contribution in [2.75, 3.05) is 0 Å². The van der Waals surface area contributed by atoms with Crippen LogP contribution in [-0.4, -0.2) is 47.5 Å². The van der Waals surface area contributed by atoms with Gasteiger partial charge in [-0.05, 0) is 44.2 Å². The van der Waals surface area contributed by atoms with Gasteiger partial charge in [-0.3, -0.25) is 9.69 Å². The number of hydrogen-bond acceptors (Lipinski definition) is 5. The minimum atomic E-state index is -0.707. The van der Waals surface area contributed by atoms with E-state index in [1.165, 1.54) is 4.90 Å². The molecule has 1 unspecified atom stereocenters. The molecule has 2 N–H and O–H groups in total. The summed E-state index contributed by atoms with van der Waals surface area (Å²) >= 11 is 0. The lowest BCUT2D eigenvalue weighted by Crippen LogP contribution is -2.55. The highest BCUT2D eigenvalue weighted by Gasteiger charge is 2.37. The van der Waals surface area contributed by atoms with E-state index in [0.29, 0.717) is 19.4 Å². The molecule has 0 spiro atoms. The molecule has 1 aliphatic rings. The van der Waals surface area contributed by atoms with E-state index >= 15 is 0 Å². The number of carbonyl (C=O) groups excluding carboxylic acids is 2. The van der Waals surface area contributed by atoms with Gasteiger partial charge in [0.15, 0.2) is 0 Å². The van der Waals surface area contributed by atoms with Crippen LogP contribution in [0.1, 0.15) is 52.2 Å². The summed E-state index contributed by atoms with van der Waals surface area (Å²) in [5.74, 6) is -0.0506. The van der Waals surface area contributed by atoms with Crippen LogP contribution in [0.15, 0.2) is 24.3 Å². The average Bonchev–Trinajstić information content (AvgIpc) is 2.58. The van der Waals surface area contributed by atoms with Gasteiger partial charge >= 0.3 is 13.8 Å². The second-order valence-electron chi connectivity index (χ2n) is 8.52. The molecule has 0 bridgehead atoms. The molecule has 0 saturated heterocycles. The fourth-order valence-corrected chi connectivity index (χ4v) is 3.21. The smallest absolute Gasteiger partial charge is 0.436 e. The summed E-state index contributed by atoms with van der Waals surface area (Å²) in [6.07, 6.45) is -0.183. The molecule has 0 aromatic heterocycles. The van der Waals surface area contributed by atoms with Crippen molar-refractivity contribution >= 4 is 19.7 Å². The second-order valence-corrected chi connectivity index (χ2v) is 8.52. The molecular weight excluding hydrogens is 359 g/mol. The van der Waals surface area contributed by atoms with Crippen molar-refractivity contribution in [3.63, 3.8) is 0 Å². The van der Waals surface area contributed by atoms with Crippen molar-refractivity contribution in [3.05, 3.63) is 35.4 Å². The van der Waals surface area contributed by atoms with E-state index in [9.17, 15) is 9.59 Å². The number of carbonyl (C=O) groups is 2. The molecule has 28 heavy (non-hydrogen) atoms. The van der Waals surface area contributed by atoms with E-state index in [1.807, 2.05) is 38.1 Å². The highest BCUT2D eigenvalue weighted by Crippen LogP contribution is 2.25. The summed E-state index contributed by atoms with van der Waals surface area (Å²) in [5.41, 5.74) is 1.38. The first-order valence-corrected chi connectivity index (χ1v) is 9.70. The van der Waals surface area contributed by atoms with Crippen LogP contribution in [0.25, 0.3) is 0 Å². The summed E-state index contributed by atoms with van der Waals surface area (Å²) < 4.78 is 10.8. The van der Waals surface area contributed by atoms with E-state index in [1.54, 1.807) is 20.8 Å². The maximum atomic E-state index is 13.0. The van der Waals surface area contributed by atoms with Crippen LogP contribution in [0.2, 0.25) is 0 Å². The molecule has 2 atom stereocenters.